The van der Waals surface area contributed by atoms with Crippen LogP contribution in [0.2, 0.25) is 0 Å². The van der Waals surface area contributed by atoms with E-state index in [2.05, 4.69) is 15.1 Å². The number of hydrogen-bond acceptors (Lipinski definition) is 4. The van der Waals surface area contributed by atoms with Crippen molar-refractivity contribution in [1.29, 1.82) is 0 Å². The third kappa shape index (κ3) is 1.92. The number of ether oxygens (including phenoxy) is 1. The molecule has 0 spiro atoms. The summed E-state index contributed by atoms with van der Waals surface area (Å²) in [6, 6.07) is 0. The number of nitrogens with zero attached hydrogens (tertiary/aromatic N) is 3. The van der Waals surface area contributed by atoms with Gasteiger partial charge in [-0.2, -0.15) is 5.10 Å². The highest BCUT2D eigenvalue weighted by Crippen LogP contribution is 2.23. The standard InChI is InChI=1S/C10H13N5O2/c1-15-7(4-17-2)8(10(11)16)9(14-15)6-3-12-5-13-6/h3,5H,4H2,1-2H3,(H2,11,16)(H,12,13). The van der Waals surface area contributed by atoms with Gasteiger partial charge in [-0.15, -0.1) is 0 Å². The van der Waals surface area contributed by atoms with Crippen LogP contribution in [0.25, 0.3) is 11.4 Å². The van der Waals surface area contributed by atoms with E-state index < -0.39 is 5.91 Å². The van der Waals surface area contributed by atoms with Crippen LogP contribution in [0.4, 0.5) is 0 Å². The minimum absolute atomic E-state index is 0.274. The minimum Gasteiger partial charge on any atom is -0.378 e. The Labute approximate surface area is 97.6 Å². The number of rotatable bonds is 4. The number of carbonyl (C=O) groups excluding carboxylic acids is 1. The van der Waals surface area contributed by atoms with Crippen molar-refractivity contribution in [2.45, 2.75) is 6.61 Å². The van der Waals surface area contributed by atoms with E-state index in [0.29, 0.717) is 22.6 Å². The summed E-state index contributed by atoms with van der Waals surface area (Å²) in [6.07, 6.45) is 3.11. The van der Waals surface area contributed by atoms with Crippen molar-refractivity contribution < 1.29 is 9.53 Å². The van der Waals surface area contributed by atoms with Gasteiger partial charge in [-0.3, -0.25) is 9.48 Å². The van der Waals surface area contributed by atoms with Crippen LogP contribution in [0.1, 0.15) is 16.1 Å². The second kappa shape index (κ2) is 4.38. The lowest BCUT2D eigenvalue weighted by molar-refractivity contribution is 0.0995. The van der Waals surface area contributed by atoms with Crippen molar-refractivity contribution in [2.24, 2.45) is 12.8 Å². The van der Waals surface area contributed by atoms with Gasteiger partial charge in [0, 0.05) is 14.2 Å². The van der Waals surface area contributed by atoms with Gasteiger partial charge in [0.05, 0.1) is 36.1 Å². The summed E-state index contributed by atoms with van der Waals surface area (Å²) in [5.41, 5.74) is 7.53. The molecule has 3 N–H and O–H groups in total. The number of primary amides is 1. The molecule has 0 saturated carbocycles. The fourth-order valence-corrected chi connectivity index (χ4v) is 1.69. The zero-order valence-electron chi connectivity index (χ0n) is 9.60. The molecule has 0 aromatic carbocycles. The number of aromatic amines is 1. The topological polar surface area (TPSA) is 98.8 Å². The molecule has 0 aliphatic rings. The van der Waals surface area contributed by atoms with E-state index in [1.807, 2.05) is 0 Å². The first-order valence-corrected chi connectivity index (χ1v) is 4.98. The Bertz CT molecular complexity index is 529. The van der Waals surface area contributed by atoms with E-state index in [1.54, 1.807) is 25.0 Å². The molecule has 0 fully saturated rings. The number of carbonyl (C=O) groups is 1. The molecule has 0 aliphatic carbocycles. The zero-order valence-corrected chi connectivity index (χ0v) is 9.60. The molecule has 0 aliphatic heterocycles. The van der Waals surface area contributed by atoms with Crippen molar-refractivity contribution in [3.05, 3.63) is 23.8 Å². The normalized spacial score (nSPS) is 10.7. The number of aryl methyl sites for hydroxylation is 1. The smallest absolute Gasteiger partial charge is 0.252 e. The molecule has 2 aromatic heterocycles. The van der Waals surface area contributed by atoms with Crippen LogP contribution < -0.4 is 5.73 Å². The molecule has 7 heteroatoms. The van der Waals surface area contributed by atoms with E-state index in [4.69, 9.17) is 10.5 Å². The van der Waals surface area contributed by atoms with Crippen molar-refractivity contribution in [2.75, 3.05) is 7.11 Å². The highest BCUT2D eigenvalue weighted by molar-refractivity contribution is 5.99. The summed E-state index contributed by atoms with van der Waals surface area (Å²) in [4.78, 5) is 18.3. The number of hydrogen-bond donors (Lipinski definition) is 2. The summed E-state index contributed by atoms with van der Waals surface area (Å²) < 4.78 is 6.62. The fraction of sp³-hybridized carbons (Fsp3) is 0.300. The number of amides is 1. The Hall–Kier alpha value is -2.15. The lowest BCUT2D eigenvalue weighted by Crippen LogP contribution is -2.15. The lowest BCUT2D eigenvalue weighted by atomic mass is 10.1. The average Bonchev–Trinajstić information content (AvgIpc) is 2.87. The fourth-order valence-electron chi connectivity index (χ4n) is 1.69. The number of aromatic nitrogens is 4. The van der Waals surface area contributed by atoms with Crippen LogP contribution in [0.5, 0.6) is 0 Å². The molecule has 0 radical (unpaired) electrons. The van der Waals surface area contributed by atoms with Gasteiger partial charge in [0.25, 0.3) is 5.91 Å². The lowest BCUT2D eigenvalue weighted by Gasteiger charge is -2.02. The number of imidazole rings is 1. The number of nitrogens with one attached hydrogen (secondary N) is 1. The predicted octanol–water partition coefficient (Wildman–Crippen LogP) is 0.0555. The number of methoxy groups -OCH3 is 1. The van der Waals surface area contributed by atoms with Crippen molar-refractivity contribution in [3.63, 3.8) is 0 Å². The second-order valence-corrected chi connectivity index (χ2v) is 3.56. The number of H-pyrrole nitrogens is 1. The molecule has 0 atom stereocenters. The molecule has 0 unspecified atom stereocenters. The highest BCUT2D eigenvalue weighted by Gasteiger charge is 2.22. The minimum atomic E-state index is -0.533. The zero-order chi connectivity index (χ0) is 12.4. The molecular formula is C10H13N5O2. The maximum atomic E-state index is 11.5. The van der Waals surface area contributed by atoms with Crippen molar-refractivity contribution in [3.8, 4) is 11.4 Å². The monoisotopic (exact) mass is 235 g/mol. The van der Waals surface area contributed by atoms with Crippen molar-refractivity contribution >= 4 is 5.91 Å². The molecule has 0 bridgehead atoms. The summed E-state index contributed by atoms with van der Waals surface area (Å²) in [6.45, 7) is 0.274. The van der Waals surface area contributed by atoms with Gasteiger partial charge in [-0.25, -0.2) is 4.98 Å². The van der Waals surface area contributed by atoms with Gasteiger partial charge in [-0.1, -0.05) is 0 Å². The number of nitrogens with two attached hydrogens (primary N) is 1. The van der Waals surface area contributed by atoms with Crippen LogP contribution in [-0.4, -0.2) is 32.8 Å². The first-order chi connectivity index (χ1) is 8.15. The highest BCUT2D eigenvalue weighted by atomic mass is 16.5. The molecular weight excluding hydrogens is 222 g/mol. The van der Waals surface area contributed by atoms with E-state index in [1.165, 1.54) is 6.33 Å². The quantitative estimate of drug-likeness (QED) is 0.782. The van der Waals surface area contributed by atoms with E-state index in [-0.39, 0.29) is 6.61 Å². The molecule has 1 amide bonds. The Kier molecular flexibility index (Phi) is 2.92. The van der Waals surface area contributed by atoms with Gasteiger partial charge >= 0.3 is 0 Å². The van der Waals surface area contributed by atoms with Crippen LogP contribution >= 0.6 is 0 Å². The van der Waals surface area contributed by atoms with Crippen LogP contribution in [0.3, 0.4) is 0 Å². The Balaban J connectivity index is 2.60. The van der Waals surface area contributed by atoms with Gasteiger partial charge < -0.3 is 15.5 Å². The largest absolute Gasteiger partial charge is 0.378 e. The first-order valence-electron chi connectivity index (χ1n) is 4.98. The summed E-state index contributed by atoms with van der Waals surface area (Å²) >= 11 is 0. The van der Waals surface area contributed by atoms with E-state index in [0.717, 1.165) is 0 Å². The maximum absolute atomic E-state index is 11.5. The predicted molar refractivity (Wildman–Crippen MR) is 60.0 cm³/mol. The molecule has 2 aromatic rings. The van der Waals surface area contributed by atoms with Crippen LogP contribution in [0.15, 0.2) is 12.5 Å². The third-order valence-electron chi connectivity index (χ3n) is 2.45. The van der Waals surface area contributed by atoms with Gasteiger partial charge in [0.1, 0.15) is 5.69 Å². The average molecular weight is 235 g/mol. The van der Waals surface area contributed by atoms with E-state index >= 15 is 0 Å². The van der Waals surface area contributed by atoms with Crippen LogP contribution in [0, 0.1) is 0 Å². The van der Waals surface area contributed by atoms with Gasteiger partial charge in [0.15, 0.2) is 0 Å². The SMILES string of the molecule is COCc1c(C(N)=O)c(-c2cnc[nH]2)nn1C. The summed E-state index contributed by atoms with van der Waals surface area (Å²) in [5.74, 6) is -0.533. The van der Waals surface area contributed by atoms with E-state index in [9.17, 15) is 4.79 Å². The summed E-state index contributed by atoms with van der Waals surface area (Å²) in [5, 5.41) is 4.26. The van der Waals surface area contributed by atoms with Crippen LogP contribution in [-0.2, 0) is 18.4 Å². The molecule has 17 heavy (non-hydrogen) atoms. The molecule has 7 nitrogen and oxygen atoms in total. The van der Waals surface area contributed by atoms with Gasteiger partial charge in [-0.05, 0) is 0 Å². The van der Waals surface area contributed by atoms with Gasteiger partial charge in [0.2, 0.25) is 0 Å². The third-order valence-corrected chi connectivity index (χ3v) is 2.45. The summed E-state index contributed by atoms with van der Waals surface area (Å²) in [7, 11) is 3.29. The second-order valence-electron chi connectivity index (χ2n) is 3.56. The van der Waals surface area contributed by atoms with Crippen molar-refractivity contribution in [1.82, 2.24) is 19.7 Å². The Morgan fingerprint density at radius 2 is 2.41 bits per heavy atom. The molecule has 2 heterocycles. The first kappa shape index (κ1) is 11.3. The molecule has 90 valence electrons. The Morgan fingerprint density at radius 3 is 2.94 bits per heavy atom. The maximum Gasteiger partial charge on any atom is 0.252 e. The molecule has 2 rings (SSSR count). The molecule has 0 saturated heterocycles. The Morgan fingerprint density at radius 1 is 1.65 bits per heavy atom.